The van der Waals surface area contributed by atoms with Crippen LogP contribution in [-0.2, 0) is 4.74 Å². The minimum Gasteiger partial charge on any atom is -0.497 e. The molecule has 194 valence electrons. The third-order valence-electron chi connectivity index (χ3n) is 5.74. The summed E-state index contributed by atoms with van der Waals surface area (Å²) >= 11 is 6.12. The molecule has 0 radical (unpaired) electrons. The van der Waals surface area contributed by atoms with Crippen molar-refractivity contribution < 1.29 is 24.1 Å². The van der Waals surface area contributed by atoms with E-state index in [0.717, 1.165) is 33.3 Å². The number of halogens is 1. The van der Waals surface area contributed by atoms with E-state index in [1.54, 1.807) is 12.1 Å². The first-order valence-corrected chi connectivity index (χ1v) is 12.3. The third-order valence-corrected chi connectivity index (χ3v) is 5.98. The van der Waals surface area contributed by atoms with Gasteiger partial charge in [-0.15, -0.1) is 0 Å². The Balaban J connectivity index is 1.55. The van der Waals surface area contributed by atoms with Gasteiger partial charge in [0, 0.05) is 10.4 Å². The van der Waals surface area contributed by atoms with Gasteiger partial charge in [-0.05, 0) is 66.6 Å². The van der Waals surface area contributed by atoms with Gasteiger partial charge >= 0.3 is 5.97 Å². The lowest BCUT2D eigenvalue weighted by Gasteiger charge is -2.20. The molecule has 0 aliphatic rings. The molecular weight excluding hydrogens is 502 g/mol. The van der Waals surface area contributed by atoms with Gasteiger partial charge in [-0.25, -0.2) is 9.78 Å². The summed E-state index contributed by atoms with van der Waals surface area (Å²) in [6, 6.07) is 22.2. The molecule has 1 heterocycles. The molecule has 0 saturated carbocycles. The van der Waals surface area contributed by atoms with E-state index < -0.39 is 12.1 Å². The molecule has 0 saturated heterocycles. The van der Waals surface area contributed by atoms with Crippen molar-refractivity contribution in [1.29, 1.82) is 0 Å². The first-order valence-electron chi connectivity index (χ1n) is 12.0. The second-order valence-electron chi connectivity index (χ2n) is 8.81. The number of aromatic carboxylic acids is 1. The molecule has 38 heavy (non-hydrogen) atoms. The van der Waals surface area contributed by atoms with E-state index in [9.17, 15) is 9.90 Å². The Morgan fingerprint density at radius 1 is 1.08 bits per heavy atom. The molecule has 0 amide bonds. The number of aromatic nitrogens is 1. The first kappa shape index (κ1) is 26.9. The van der Waals surface area contributed by atoms with Gasteiger partial charge in [-0.1, -0.05) is 60.2 Å². The van der Waals surface area contributed by atoms with Crippen molar-refractivity contribution in [3.8, 4) is 11.5 Å². The van der Waals surface area contributed by atoms with E-state index in [4.69, 9.17) is 25.8 Å². The summed E-state index contributed by atoms with van der Waals surface area (Å²) in [5.41, 5.74) is 4.36. The summed E-state index contributed by atoms with van der Waals surface area (Å²) < 4.78 is 17.2. The van der Waals surface area contributed by atoms with Crippen molar-refractivity contribution in [3.63, 3.8) is 0 Å². The Kier molecular flexibility index (Phi) is 8.79. The third kappa shape index (κ3) is 7.00. The smallest absolute Gasteiger partial charge is 0.339 e. The van der Waals surface area contributed by atoms with Crippen molar-refractivity contribution in [2.75, 3.05) is 20.3 Å². The van der Waals surface area contributed by atoms with Crippen molar-refractivity contribution in [2.24, 2.45) is 0 Å². The van der Waals surface area contributed by atoms with Crippen LogP contribution in [0.2, 0.25) is 5.02 Å². The fourth-order valence-corrected chi connectivity index (χ4v) is 3.99. The zero-order valence-electron chi connectivity index (χ0n) is 21.2. The molecule has 4 aromatic rings. The summed E-state index contributed by atoms with van der Waals surface area (Å²) in [7, 11) is 1.48. The zero-order chi connectivity index (χ0) is 27.1. The van der Waals surface area contributed by atoms with E-state index >= 15 is 0 Å². The SMILES string of the molecule is C=C(C)CO[C@@H](COc1ccc(OC)cc1C(=O)O)c1cccc(/C=C/c2ccc3ccc(Cl)cc3n2)c1. The van der Waals surface area contributed by atoms with Crippen LogP contribution in [0.3, 0.4) is 0 Å². The molecule has 0 aliphatic carbocycles. The number of ether oxygens (including phenoxy) is 3. The maximum atomic E-state index is 11.7. The average Bonchev–Trinajstić information content (AvgIpc) is 2.91. The van der Waals surface area contributed by atoms with Gasteiger partial charge < -0.3 is 19.3 Å². The number of hydrogen-bond acceptors (Lipinski definition) is 5. The molecule has 0 spiro atoms. The summed E-state index contributed by atoms with van der Waals surface area (Å²) in [4.78, 5) is 16.4. The molecule has 1 atom stereocenters. The predicted octanol–water partition coefficient (Wildman–Crippen LogP) is 7.48. The number of methoxy groups -OCH3 is 1. The Morgan fingerprint density at radius 3 is 2.66 bits per heavy atom. The van der Waals surface area contributed by atoms with E-state index in [1.807, 2.05) is 73.7 Å². The van der Waals surface area contributed by atoms with Gasteiger partial charge in [0.15, 0.2) is 0 Å². The van der Waals surface area contributed by atoms with Crippen LogP contribution in [0.15, 0.2) is 84.9 Å². The Labute approximate surface area is 226 Å². The van der Waals surface area contributed by atoms with Crippen LogP contribution in [0, 0.1) is 0 Å². The number of hydrogen-bond donors (Lipinski definition) is 1. The van der Waals surface area contributed by atoms with Crippen LogP contribution in [0.5, 0.6) is 11.5 Å². The van der Waals surface area contributed by atoms with Crippen LogP contribution in [-0.4, -0.2) is 36.4 Å². The van der Waals surface area contributed by atoms with Gasteiger partial charge in [0.05, 0.1) is 24.9 Å². The monoisotopic (exact) mass is 529 g/mol. The van der Waals surface area contributed by atoms with Crippen LogP contribution in [0.25, 0.3) is 23.1 Å². The summed E-state index contributed by atoms with van der Waals surface area (Å²) in [6.07, 6.45) is 3.46. The van der Waals surface area contributed by atoms with Crippen LogP contribution in [0.1, 0.15) is 40.2 Å². The van der Waals surface area contributed by atoms with Crippen molar-refractivity contribution in [3.05, 3.63) is 112 Å². The average molecular weight is 530 g/mol. The number of carboxylic acid groups (broad SMARTS) is 1. The molecule has 0 aliphatic heterocycles. The fourth-order valence-electron chi connectivity index (χ4n) is 3.82. The van der Waals surface area contributed by atoms with E-state index in [2.05, 4.69) is 11.6 Å². The van der Waals surface area contributed by atoms with E-state index in [0.29, 0.717) is 17.4 Å². The fraction of sp³-hybridized carbons (Fsp3) is 0.161. The number of carboxylic acids is 1. The molecule has 4 rings (SSSR count). The van der Waals surface area contributed by atoms with E-state index in [1.165, 1.54) is 13.2 Å². The van der Waals surface area contributed by atoms with Crippen LogP contribution < -0.4 is 9.47 Å². The minimum atomic E-state index is -1.10. The van der Waals surface area contributed by atoms with Crippen molar-refractivity contribution in [1.82, 2.24) is 4.98 Å². The highest BCUT2D eigenvalue weighted by molar-refractivity contribution is 6.31. The standard InChI is InChI=1S/C31H28ClNO5/c1-20(2)18-37-30(19-38-29-14-13-26(36-3)17-27(29)31(34)35)23-6-4-5-21(15-23)7-11-25-12-9-22-8-10-24(32)16-28(22)33-25/h4-17,30H,1,18-19H2,2-3H3,(H,34,35)/b11-7+/t30-/m0/s1. The number of nitrogens with zero attached hydrogens (tertiary/aromatic N) is 1. The maximum Gasteiger partial charge on any atom is 0.339 e. The molecule has 0 fully saturated rings. The molecule has 1 N–H and O–H groups in total. The summed E-state index contributed by atoms with van der Waals surface area (Å²) in [5.74, 6) is -0.427. The Morgan fingerprint density at radius 2 is 1.89 bits per heavy atom. The molecule has 0 unspecified atom stereocenters. The topological polar surface area (TPSA) is 77.9 Å². The first-order chi connectivity index (χ1) is 18.3. The van der Waals surface area contributed by atoms with Gasteiger partial charge in [0.25, 0.3) is 0 Å². The molecule has 3 aromatic carbocycles. The molecule has 6 nitrogen and oxygen atoms in total. The van der Waals surface area contributed by atoms with Gasteiger partial charge in [0.1, 0.15) is 29.8 Å². The minimum absolute atomic E-state index is 0.0175. The Hall–Kier alpha value is -4.13. The van der Waals surface area contributed by atoms with Crippen molar-refractivity contribution in [2.45, 2.75) is 13.0 Å². The highest BCUT2D eigenvalue weighted by atomic mass is 35.5. The molecule has 7 heteroatoms. The number of carbonyl (C=O) groups is 1. The lowest BCUT2D eigenvalue weighted by molar-refractivity contribution is 0.0314. The number of benzene rings is 3. The van der Waals surface area contributed by atoms with Gasteiger partial charge in [-0.2, -0.15) is 0 Å². The van der Waals surface area contributed by atoms with Crippen LogP contribution in [0.4, 0.5) is 0 Å². The summed E-state index contributed by atoms with van der Waals surface area (Å²) in [5, 5.41) is 11.3. The normalized spacial score (nSPS) is 12.0. The molecule has 1 aromatic heterocycles. The highest BCUT2D eigenvalue weighted by Gasteiger charge is 2.18. The molecule has 0 bridgehead atoms. The van der Waals surface area contributed by atoms with Crippen molar-refractivity contribution >= 4 is 40.6 Å². The lowest BCUT2D eigenvalue weighted by atomic mass is 10.1. The quantitative estimate of drug-likeness (QED) is 0.203. The van der Waals surface area contributed by atoms with E-state index in [-0.39, 0.29) is 17.9 Å². The lowest BCUT2D eigenvalue weighted by Crippen LogP contribution is -2.16. The zero-order valence-corrected chi connectivity index (χ0v) is 21.9. The second-order valence-corrected chi connectivity index (χ2v) is 9.25. The van der Waals surface area contributed by atoms with Gasteiger partial charge in [-0.3, -0.25) is 0 Å². The number of pyridine rings is 1. The summed E-state index contributed by atoms with van der Waals surface area (Å²) in [6.45, 7) is 6.25. The predicted molar refractivity (Wildman–Crippen MR) is 151 cm³/mol. The van der Waals surface area contributed by atoms with Gasteiger partial charge in [0.2, 0.25) is 0 Å². The number of rotatable bonds is 11. The second kappa shape index (κ2) is 12.4. The largest absolute Gasteiger partial charge is 0.497 e. The number of fused-ring (bicyclic) bond motifs is 1. The Bertz CT molecular complexity index is 1500. The maximum absolute atomic E-state index is 11.7. The highest BCUT2D eigenvalue weighted by Crippen LogP contribution is 2.27. The van der Waals surface area contributed by atoms with Crippen LogP contribution >= 0.6 is 11.6 Å². The molecular formula is C31H28ClNO5.